The molecule has 13 heteroatoms. The number of halogens is 2. The van der Waals surface area contributed by atoms with Gasteiger partial charge in [-0.15, -0.1) is 5.10 Å². The van der Waals surface area contributed by atoms with Crippen LogP contribution >= 0.6 is 11.6 Å². The van der Waals surface area contributed by atoms with Gasteiger partial charge >= 0.3 is 0 Å². The molecule has 0 radical (unpaired) electrons. The second kappa shape index (κ2) is 13.5. The van der Waals surface area contributed by atoms with Crippen molar-refractivity contribution in [2.45, 2.75) is 62.7 Å². The molecule has 5 atom stereocenters. The van der Waals surface area contributed by atoms with E-state index in [1.807, 2.05) is 92.0 Å². The number of amides is 1. The van der Waals surface area contributed by atoms with E-state index in [0.29, 0.717) is 46.0 Å². The Hall–Kier alpha value is -4.88. The summed E-state index contributed by atoms with van der Waals surface area (Å²) in [5, 5.41) is 23.1. The van der Waals surface area contributed by atoms with Crippen LogP contribution in [-0.4, -0.2) is 56.9 Å². The predicted octanol–water partition coefficient (Wildman–Crippen LogP) is 7.10. The largest absolute Gasteiger partial charge is 0.395 e. The summed E-state index contributed by atoms with van der Waals surface area (Å²) < 4.78 is 26.5. The molecule has 272 valence electrons. The first-order valence-electron chi connectivity index (χ1n) is 17.8. The lowest BCUT2D eigenvalue weighted by Gasteiger charge is -2.31. The zero-order chi connectivity index (χ0) is 37.1. The highest BCUT2D eigenvalue weighted by Crippen LogP contribution is 2.60. The van der Waals surface area contributed by atoms with E-state index in [1.54, 1.807) is 40.9 Å². The summed E-state index contributed by atoms with van der Waals surface area (Å²) >= 11 is 6.58. The molecule has 1 fully saturated rings. The molecule has 6 aromatic rings. The number of H-pyrrole nitrogens is 1. The highest BCUT2D eigenvalue weighted by atomic mass is 35.5. The molecule has 0 bridgehead atoms. The molecule has 0 aliphatic carbocycles. The average molecular weight is 751 g/mol. The molecule has 4 heterocycles. The zero-order valence-electron chi connectivity index (χ0n) is 29.6. The Balaban J connectivity index is 1.07. The Morgan fingerprint density at radius 2 is 1.75 bits per heavy atom. The number of nitrogens with zero attached hydrogens (tertiary/aromatic N) is 5. The first-order chi connectivity index (χ1) is 25.5. The van der Waals surface area contributed by atoms with E-state index in [9.17, 15) is 14.7 Å². The Bertz CT molecular complexity index is 2360. The maximum Gasteiger partial charge on any atom is 0.279 e. The topological polar surface area (TPSA) is 118 Å². The fraction of sp³-hybridized carbons (Fsp3) is 0.300. The number of aromatic amines is 1. The van der Waals surface area contributed by atoms with Crippen molar-refractivity contribution in [2.75, 3.05) is 11.5 Å². The summed E-state index contributed by atoms with van der Waals surface area (Å²) in [7, 11) is -3.40. The zero-order valence-corrected chi connectivity index (χ0v) is 31.4. The Kier molecular flexibility index (Phi) is 8.96. The van der Waals surface area contributed by atoms with Gasteiger partial charge in [-0.3, -0.25) is 19.4 Å². The van der Waals surface area contributed by atoms with Gasteiger partial charge in [0.05, 0.1) is 53.1 Å². The van der Waals surface area contributed by atoms with Gasteiger partial charge in [0.25, 0.3) is 11.5 Å². The second-order valence-electron chi connectivity index (χ2n) is 14.6. The number of ether oxygens (including phenoxy) is 1. The lowest BCUT2D eigenvalue weighted by molar-refractivity contribution is -0.146. The molecule has 1 amide bonds. The van der Waals surface area contributed by atoms with Crippen LogP contribution < -0.4 is 10.5 Å². The van der Waals surface area contributed by atoms with Crippen LogP contribution in [0.3, 0.4) is 0 Å². The molecular weight excluding hydrogens is 711 g/mol. The minimum absolute atomic E-state index is 0.118. The van der Waals surface area contributed by atoms with Crippen LogP contribution in [0, 0.1) is 5.92 Å². The van der Waals surface area contributed by atoms with Crippen LogP contribution in [0.15, 0.2) is 108 Å². The molecule has 10 nitrogen and oxygen atoms in total. The van der Waals surface area contributed by atoms with Gasteiger partial charge in [-0.25, -0.2) is 4.68 Å². The monoisotopic (exact) mass is 750 g/mol. The molecule has 1 spiro atoms. The van der Waals surface area contributed by atoms with Crippen molar-refractivity contribution in [3.05, 3.63) is 141 Å². The van der Waals surface area contributed by atoms with E-state index < -0.39 is 31.6 Å². The molecule has 2 aliphatic heterocycles. The molecule has 2 N–H and O–H groups in total. The minimum Gasteiger partial charge on any atom is -0.395 e. The van der Waals surface area contributed by atoms with Gasteiger partial charge in [0, 0.05) is 34.8 Å². The summed E-state index contributed by atoms with van der Waals surface area (Å²) in [6.07, 6.45) is 1.65. The number of fused-ring (bicyclic) bond motifs is 3. The quantitative estimate of drug-likeness (QED) is 0.114. The van der Waals surface area contributed by atoms with Crippen molar-refractivity contribution in [3.63, 3.8) is 0 Å². The number of anilines is 1. The molecule has 4 aromatic carbocycles. The van der Waals surface area contributed by atoms with Crippen LogP contribution in [0.1, 0.15) is 41.6 Å². The van der Waals surface area contributed by atoms with Crippen molar-refractivity contribution in [1.29, 1.82) is 0 Å². The number of aliphatic hydroxyl groups excluding tert-OH is 1. The second-order valence-corrected chi connectivity index (χ2v) is 18.9. The molecule has 1 unspecified atom stereocenters. The van der Waals surface area contributed by atoms with Gasteiger partial charge in [0.15, 0.2) is 5.60 Å². The van der Waals surface area contributed by atoms with E-state index in [4.69, 9.17) is 16.3 Å². The number of carbonyl (C=O) groups is 1. The van der Waals surface area contributed by atoms with Crippen molar-refractivity contribution in [1.82, 2.24) is 24.8 Å². The number of para-hydroxylation sites is 1. The minimum atomic E-state index is -3.40. The van der Waals surface area contributed by atoms with Crippen LogP contribution in [0.25, 0.3) is 16.6 Å². The van der Waals surface area contributed by atoms with Crippen LogP contribution in [0.2, 0.25) is 23.7 Å². The predicted molar refractivity (Wildman–Crippen MR) is 205 cm³/mol. The first-order valence-corrected chi connectivity index (χ1v) is 21.2. The van der Waals surface area contributed by atoms with Crippen LogP contribution in [0.4, 0.5) is 9.80 Å². The normalized spacial score (nSPS) is 21.9. The van der Waals surface area contributed by atoms with E-state index in [1.165, 1.54) is 4.68 Å². The number of nitrogens with one attached hydrogen (secondary N) is 1. The molecule has 2 aliphatic rings. The van der Waals surface area contributed by atoms with Crippen molar-refractivity contribution in [2.24, 2.45) is 5.92 Å². The molecular formula is C40H40ClFN6O4Si. The van der Waals surface area contributed by atoms with Gasteiger partial charge in [0.2, 0.25) is 8.41 Å². The van der Waals surface area contributed by atoms with E-state index >= 15 is 4.11 Å². The fourth-order valence-electron chi connectivity index (χ4n) is 8.52. The summed E-state index contributed by atoms with van der Waals surface area (Å²) in [6.45, 7) is 5.80. The van der Waals surface area contributed by atoms with Crippen molar-refractivity contribution >= 4 is 42.5 Å². The molecule has 1 saturated heterocycles. The van der Waals surface area contributed by atoms with E-state index in [-0.39, 0.29) is 30.5 Å². The number of rotatable bonds is 10. The molecule has 53 heavy (non-hydrogen) atoms. The number of hydrogen-bond acceptors (Lipinski definition) is 6. The summed E-state index contributed by atoms with van der Waals surface area (Å²) in [5.74, 6) is -1.05. The summed E-state index contributed by atoms with van der Waals surface area (Å²) in [5.41, 5.74) is 3.10. The smallest absolute Gasteiger partial charge is 0.279 e. The Morgan fingerprint density at radius 1 is 1.02 bits per heavy atom. The lowest BCUT2D eigenvalue weighted by Crippen LogP contribution is -2.45. The van der Waals surface area contributed by atoms with Gasteiger partial charge in [0.1, 0.15) is 0 Å². The molecule has 2 aromatic heterocycles. The summed E-state index contributed by atoms with van der Waals surface area (Å²) in [6, 6.07) is 29.9. The highest BCUT2D eigenvalue weighted by Gasteiger charge is 2.66. The van der Waals surface area contributed by atoms with Gasteiger partial charge < -0.3 is 18.9 Å². The van der Waals surface area contributed by atoms with Gasteiger partial charge in [-0.1, -0.05) is 78.3 Å². The van der Waals surface area contributed by atoms with Gasteiger partial charge in [-0.05, 0) is 73.1 Å². The Morgan fingerprint density at radius 3 is 2.47 bits per heavy atom. The van der Waals surface area contributed by atoms with Crippen LogP contribution in [0.5, 0.6) is 0 Å². The average Bonchev–Trinajstić information content (AvgIpc) is 3.89. The number of hydrogen-bond donors (Lipinski definition) is 2. The lowest BCUT2D eigenvalue weighted by atomic mass is 9.82. The molecule has 0 saturated carbocycles. The van der Waals surface area contributed by atoms with E-state index in [0.717, 1.165) is 16.6 Å². The van der Waals surface area contributed by atoms with E-state index in [2.05, 4.69) is 15.4 Å². The van der Waals surface area contributed by atoms with Crippen molar-refractivity contribution in [3.8, 4) is 5.69 Å². The molecule has 8 rings (SSSR count). The SMILES string of the molecule is C[C@@H]1[C@@H]([Si](C)(C)F)[C@H](CCn2cc(C(CO)c3ccccc3)nn2)O[C@@]12C(=O)N(Cc1ccc(-n3[nH]c4ccccc4c3=O)cc1)c1ccc(Cl)cc12. The summed E-state index contributed by atoms with van der Waals surface area (Å²) in [4.78, 5) is 29.6. The highest BCUT2D eigenvalue weighted by molar-refractivity contribution is 6.72. The number of aryl methyl sites for hydroxylation is 1. The third-order valence-electron chi connectivity index (χ3n) is 11.0. The number of benzene rings is 4. The number of aliphatic hydroxyl groups is 1. The number of aromatic nitrogens is 5. The van der Waals surface area contributed by atoms with Crippen molar-refractivity contribution < 1.29 is 18.7 Å². The maximum atomic E-state index is 16.4. The van der Waals surface area contributed by atoms with Crippen LogP contribution in [-0.2, 0) is 28.2 Å². The fourth-order valence-corrected chi connectivity index (χ4v) is 11.2. The first kappa shape index (κ1) is 35.2. The third kappa shape index (κ3) is 6.03. The number of carbonyl (C=O) groups excluding carboxylic acids is 1. The third-order valence-corrected chi connectivity index (χ3v) is 13.7. The maximum absolute atomic E-state index is 16.4. The van der Waals surface area contributed by atoms with Gasteiger partial charge in [-0.2, -0.15) is 0 Å². The standard InChI is InChI=1S/C40H40ClFN6O4Si/c1-25-37(53(2,3)42)36(19-20-46-23-34(43-45-46)31(24-49)27-9-5-4-6-10-27)52-40(25)32-21-28(41)15-18-35(32)47(39(40)51)22-26-13-16-29(17-14-26)48-38(50)30-11-7-8-12-33(30)44-48/h4-18,21,23,25,31,36-37,44,49H,19-20,22,24H2,1-3H3/t25-,31?,36+,37-,40+/m1/s1. The Labute approximate surface area is 311 Å².